The molecule has 0 spiro atoms. The maximum Gasteiger partial charge on any atom is 0.225 e. The van der Waals surface area contributed by atoms with E-state index in [1.807, 2.05) is 19.1 Å². The number of carbonyl (C=O) groups is 1. The van der Waals surface area contributed by atoms with Crippen LogP contribution in [0.5, 0.6) is 5.75 Å². The van der Waals surface area contributed by atoms with Crippen LogP contribution in [0.4, 0.5) is 0 Å². The second kappa shape index (κ2) is 8.02. The molecule has 5 heteroatoms. The number of likely N-dealkylation sites (N-methyl/N-ethyl adjacent to an activating group) is 1. The van der Waals surface area contributed by atoms with Crippen molar-refractivity contribution >= 4 is 17.5 Å². The van der Waals surface area contributed by atoms with Gasteiger partial charge in [-0.05, 0) is 25.1 Å². The first-order chi connectivity index (χ1) is 9.06. The van der Waals surface area contributed by atoms with Gasteiger partial charge in [0.25, 0.3) is 0 Å². The van der Waals surface area contributed by atoms with E-state index in [-0.39, 0.29) is 11.8 Å². The molecule has 0 bridgehead atoms. The molecule has 1 unspecified atom stereocenters. The minimum Gasteiger partial charge on any atom is -0.490 e. The Morgan fingerprint density at radius 1 is 1.47 bits per heavy atom. The van der Waals surface area contributed by atoms with Crippen LogP contribution in [0.2, 0.25) is 5.02 Å². The summed E-state index contributed by atoms with van der Waals surface area (Å²) in [5.41, 5.74) is 5.45. The Labute approximate surface area is 119 Å². The minimum absolute atomic E-state index is 0.0460. The molecule has 0 fully saturated rings. The molecule has 0 saturated heterocycles. The van der Waals surface area contributed by atoms with Gasteiger partial charge in [-0.15, -0.1) is 0 Å². The average Bonchev–Trinajstić information content (AvgIpc) is 2.40. The zero-order valence-electron chi connectivity index (χ0n) is 11.4. The molecule has 2 N–H and O–H groups in total. The van der Waals surface area contributed by atoms with Crippen LogP contribution in [-0.2, 0) is 4.79 Å². The molecule has 0 aliphatic carbocycles. The third-order valence-electron chi connectivity index (χ3n) is 2.92. The van der Waals surface area contributed by atoms with Crippen molar-refractivity contribution in [1.82, 2.24) is 4.90 Å². The summed E-state index contributed by atoms with van der Waals surface area (Å²) >= 11 is 5.97. The number of carbonyl (C=O) groups excluding carboxylic acids is 1. The lowest BCUT2D eigenvalue weighted by Crippen LogP contribution is -2.35. The quantitative estimate of drug-likeness (QED) is 0.835. The normalized spacial score (nSPS) is 12.0. The highest BCUT2D eigenvalue weighted by Gasteiger charge is 2.16. The molecule has 0 heterocycles. The molecule has 19 heavy (non-hydrogen) atoms. The molecule has 0 saturated carbocycles. The van der Waals surface area contributed by atoms with Gasteiger partial charge in [0.05, 0.1) is 11.6 Å². The molecule has 1 amide bonds. The highest BCUT2D eigenvalue weighted by molar-refractivity contribution is 6.32. The van der Waals surface area contributed by atoms with Crippen LogP contribution >= 0.6 is 11.6 Å². The summed E-state index contributed by atoms with van der Waals surface area (Å²) in [6.07, 6.45) is 0.703. The van der Waals surface area contributed by atoms with E-state index in [4.69, 9.17) is 22.1 Å². The molecular formula is C14H21ClN2O2. The monoisotopic (exact) mass is 284 g/mol. The fraction of sp³-hybridized carbons (Fsp3) is 0.500. The Morgan fingerprint density at radius 3 is 2.79 bits per heavy atom. The fourth-order valence-corrected chi connectivity index (χ4v) is 1.90. The van der Waals surface area contributed by atoms with E-state index in [2.05, 4.69) is 0 Å². The summed E-state index contributed by atoms with van der Waals surface area (Å²) in [5.74, 6) is 0.684. The van der Waals surface area contributed by atoms with Crippen LogP contribution in [0.15, 0.2) is 24.3 Å². The van der Waals surface area contributed by atoms with Crippen LogP contribution in [0, 0.1) is 5.92 Å². The Kier molecular flexibility index (Phi) is 6.67. The van der Waals surface area contributed by atoms with Crippen molar-refractivity contribution in [2.45, 2.75) is 13.3 Å². The molecule has 106 valence electrons. The van der Waals surface area contributed by atoms with Crippen LogP contribution in [0.1, 0.15) is 13.3 Å². The van der Waals surface area contributed by atoms with Crippen LogP contribution in [-0.4, -0.2) is 37.6 Å². The predicted octanol–water partition coefficient (Wildman–Crippen LogP) is 2.16. The van der Waals surface area contributed by atoms with E-state index in [1.165, 1.54) is 0 Å². The zero-order valence-corrected chi connectivity index (χ0v) is 12.2. The van der Waals surface area contributed by atoms with E-state index < -0.39 is 0 Å². The number of hydrogen-bond acceptors (Lipinski definition) is 3. The first kappa shape index (κ1) is 15.8. The summed E-state index contributed by atoms with van der Waals surface area (Å²) in [7, 11) is 1.77. The van der Waals surface area contributed by atoms with Gasteiger partial charge in [0, 0.05) is 13.0 Å². The maximum absolute atomic E-state index is 11.9. The van der Waals surface area contributed by atoms with Gasteiger partial charge in [0.15, 0.2) is 0 Å². The van der Waals surface area contributed by atoms with Gasteiger partial charge in [-0.2, -0.15) is 0 Å². The molecule has 1 aromatic rings. The summed E-state index contributed by atoms with van der Waals surface area (Å²) in [6.45, 7) is 3.36. The van der Waals surface area contributed by atoms with Crippen molar-refractivity contribution < 1.29 is 9.53 Å². The van der Waals surface area contributed by atoms with Crippen molar-refractivity contribution in [2.24, 2.45) is 11.7 Å². The van der Waals surface area contributed by atoms with E-state index in [9.17, 15) is 4.79 Å². The first-order valence-corrected chi connectivity index (χ1v) is 6.76. The highest BCUT2D eigenvalue weighted by Crippen LogP contribution is 2.22. The number of amides is 1. The number of nitrogens with zero attached hydrogens (tertiary/aromatic N) is 1. The van der Waals surface area contributed by atoms with Gasteiger partial charge in [0.1, 0.15) is 12.4 Å². The summed E-state index contributed by atoms with van der Waals surface area (Å²) < 4.78 is 5.55. The Hall–Kier alpha value is -1.26. The molecule has 0 aliphatic heterocycles. The minimum atomic E-state index is -0.0460. The van der Waals surface area contributed by atoms with E-state index in [0.29, 0.717) is 36.9 Å². The summed E-state index contributed by atoms with van der Waals surface area (Å²) in [5, 5.41) is 0.577. The van der Waals surface area contributed by atoms with Gasteiger partial charge in [0.2, 0.25) is 5.91 Å². The van der Waals surface area contributed by atoms with Gasteiger partial charge in [-0.3, -0.25) is 4.79 Å². The lowest BCUT2D eigenvalue weighted by atomic mass is 10.1. The average molecular weight is 285 g/mol. The number of rotatable bonds is 7. The van der Waals surface area contributed by atoms with Crippen molar-refractivity contribution in [2.75, 3.05) is 26.7 Å². The van der Waals surface area contributed by atoms with E-state index in [0.717, 1.165) is 0 Å². The molecule has 0 aromatic heterocycles. The van der Waals surface area contributed by atoms with E-state index >= 15 is 0 Å². The second-order valence-electron chi connectivity index (χ2n) is 4.52. The summed E-state index contributed by atoms with van der Waals surface area (Å²) in [4.78, 5) is 13.6. The number of ether oxygens (including phenoxy) is 1. The van der Waals surface area contributed by atoms with Crippen LogP contribution < -0.4 is 10.5 Å². The number of benzene rings is 1. The van der Waals surface area contributed by atoms with Crippen LogP contribution in [0.25, 0.3) is 0 Å². The third kappa shape index (κ3) is 5.09. The van der Waals surface area contributed by atoms with Crippen molar-refractivity contribution in [3.05, 3.63) is 29.3 Å². The Bertz CT molecular complexity index is 412. The standard InChI is InChI=1S/C14H21ClN2O2/c1-11(7-8-16)14(18)17(2)9-10-19-13-6-4-3-5-12(13)15/h3-6,11H,7-10,16H2,1-2H3. The van der Waals surface area contributed by atoms with Gasteiger partial charge < -0.3 is 15.4 Å². The lowest BCUT2D eigenvalue weighted by Gasteiger charge is -2.21. The fourth-order valence-electron chi connectivity index (χ4n) is 1.71. The number of para-hydroxylation sites is 1. The SMILES string of the molecule is CC(CCN)C(=O)N(C)CCOc1ccccc1Cl. The lowest BCUT2D eigenvalue weighted by molar-refractivity contribution is -0.134. The van der Waals surface area contributed by atoms with Gasteiger partial charge in [-0.25, -0.2) is 0 Å². The molecule has 1 aromatic carbocycles. The highest BCUT2D eigenvalue weighted by atomic mass is 35.5. The Morgan fingerprint density at radius 2 is 2.16 bits per heavy atom. The predicted molar refractivity (Wildman–Crippen MR) is 77.4 cm³/mol. The van der Waals surface area contributed by atoms with Gasteiger partial charge in [-0.1, -0.05) is 30.7 Å². The molecule has 4 nitrogen and oxygen atoms in total. The largest absolute Gasteiger partial charge is 0.490 e. The number of halogens is 1. The Balaban J connectivity index is 2.37. The van der Waals surface area contributed by atoms with Crippen molar-refractivity contribution in [1.29, 1.82) is 0 Å². The molecule has 1 rings (SSSR count). The second-order valence-corrected chi connectivity index (χ2v) is 4.92. The van der Waals surface area contributed by atoms with Crippen molar-refractivity contribution in [3.63, 3.8) is 0 Å². The van der Waals surface area contributed by atoms with Gasteiger partial charge >= 0.3 is 0 Å². The van der Waals surface area contributed by atoms with Crippen LogP contribution in [0.3, 0.4) is 0 Å². The molecule has 1 atom stereocenters. The maximum atomic E-state index is 11.9. The zero-order chi connectivity index (χ0) is 14.3. The van der Waals surface area contributed by atoms with Crippen molar-refractivity contribution in [3.8, 4) is 5.75 Å². The topological polar surface area (TPSA) is 55.6 Å². The molecular weight excluding hydrogens is 264 g/mol. The number of nitrogens with two attached hydrogens (primary N) is 1. The van der Waals surface area contributed by atoms with E-state index in [1.54, 1.807) is 24.1 Å². The molecule has 0 radical (unpaired) electrons. The third-order valence-corrected chi connectivity index (χ3v) is 3.23. The molecule has 0 aliphatic rings. The smallest absolute Gasteiger partial charge is 0.225 e. The number of hydrogen-bond donors (Lipinski definition) is 1. The summed E-state index contributed by atoms with van der Waals surface area (Å²) in [6, 6.07) is 7.29. The first-order valence-electron chi connectivity index (χ1n) is 6.38.